The molecule has 2 heterocycles. The Kier molecular flexibility index (Phi) is 4.53. The lowest BCUT2D eigenvalue weighted by molar-refractivity contribution is 0.0735. The molecule has 0 aliphatic carbocycles. The molecule has 0 saturated carbocycles. The molecule has 25 heavy (non-hydrogen) atoms. The topological polar surface area (TPSA) is 38.8 Å². The monoisotopic (exact) mass is 357 g/mol. The highest BCUT2D eigenvalue weighted by atomic mass is 35.5. The van der Waals surface area contributed by atoms with E-state index in [1.807, 2.05) is 35.2 Å². The Hall–Kier alpha value is -2.20. The van der Waals surface area contributed by atoms with Gasteiger partial charge in [-0.25, -0.2) is 0 Å². The maximum absolute atomic E-state index is 13.0. The summed E-state index contributed by atoms with van der Waals surface area (Å²) in [5.74, 6) is 1.54. The van der Waals surface area contributed by atoms with E-state index < -0.39 is 0 Å². The zero-order valence-corrected chi connectivity index (χ0v) is 14.7. The molecular weight excluding hydrogens is 338 g/mol. The van der Waals surface area contributed by atoms with Crippen LogP contribution in [0.25, 0.3) is 0 Å². The minimum Gasteiger partial charge on any atom is -0.490 e. The lowest BCUT2D eigenvalue weighted by Crippen LogP contribution is -2.30. The molecule has 4 nitrogen and oxygen atoms in total. The highest BCUT2D eigenvalue weighted by molar-refractivity contribution is 6.33. The Labute approximate surface area is 152 Å². The van der Waals surface area contributed by atoms with Gasteiger partial charge < -0.3 is 14.4 Å². The van der Waals surface area contributed by atoms with E-state index in [9.17, 15) is 4.79 Å². The minimum atomic E-state index is -0.0137. The van der Waals surface area contributed by atoms with E-state index in [1.165, 1.54) is 0 Å². The zero-order valence-electron chi connectivity index (χ0n) is 13.9. The highest BCUT2D eigenvalue weighted by Gasteiger charge is 2.32. The van der Waals surface area contributed by atoms with Gasteiger partial charge in [-0.05, 0) is 42.7 Å². The van der Waals surface area contributed by atoms with Crippen molar-refractivity contribution in [1.82, 2.24) is 4.90 Å². The number of ether oxygens (including phenoxy) is 2. The normalized spacial score (nSPS) is 19.6. The lowest BCUT2D eigenvalue weighted by atomic mass is 10.0. The fraction of sp³-hybridized carbons (Fsp3) is 0.350. The second-order valence-corrected chi connectivity index (χ2v) is 6.80. The quantitative estimate of drug-likeness (QED) is 0.795. The number of hydrogen-bond donors (Lipinski definition) is 0. The molecule has 2 aromatic rings. The standard InChI is InChI=1S/C20H20ClNO3/c21-16-6-2-1-5-15(16)20(23)22-10-3-7-17(22)14-8-9-18-19(13-14)25-12-4-11-24-18/h1-2,5-6,8-9,13,17H,3-4,7,10-12H2/t17-/m0/s1. The van der Waals surface area contributed by atoms with Gasteiger partial charge in [0.15, 0.2) is 11.5 Å². The van der Waals surface area contributed by atoms with Crippen molar-refractivity contribution < 1.29 is 14.3 Å². The summed E-state index contributed by atoms with van der Waals surface area (Å²) in [6, 6.07) is 13.3. The number of carbonyl (C=O) groups excluding carboxylic acids is 1. The molecule has 1 fully saturated rings. The van der Waals surface area contributed by atoms with E-state index in [-0.39, 0.29) is 11.9 Å². The van der Waals surface area contributed by atoms with Crippen LogP contribution < -0.4 is 9.47 Å². The third-order valence-corrected chi connectivity index (χ3v) is 5.10. The first-order valence-electron chi connectivity index (χ1n) is 8.69. The molecule has 130 valence electrons. The number of likely N-dealkylation sites (tertiary alicyclic amines) is 1. The fourth-order valence-electron chi connectivity index (χ4n) is 3.53. The van der Waals surface area contributed by atoms with Crippen LogP contribution in [0.4, 0.5) is 0 Å². The summed E-state index contributed by atoms with van der Waals surface area (Å²) in [6.45, 7) is 2.07. The molecule has 0 spiro atoms. The van der Waals surface area contributed by atoms with Gasteiger partial charge in [0.25, 0.3) is 5.91 Å². The molecule has 0 N–H and O–H groups in total. The van der Waals surface area contributed by atoms with Crippen molar-refractivity contribution in [1.29, 1.82) is 0 Å². The van der Waals surface area contributed by atoms with Crippen LogP contribution in [0.3, 0.4) is 0 Å². The molecule has 0 unspecified atom stereocenters. The van der Waals surface area contributed by atoms with Crippen LogP contribution in [0.2, 0.25) is 5.02 Å². The molecule has 0 bridgehead atoms. The third-order valence-electron chi connectivity index (χ3n) is 4.77. The first kappa shape index (κ1) is 16.3. The molecular formula is C20H20ClNO3. The summed E-state index contributed by atoms with van der Waals surface area (Å²) in [6.07, 6.45) is 2.80. The van der Waals surface area contributed by atoms with Crippen molar-refractivity contribution >= 4 is 17.5 Å². The van der Waals surface area contributed by atoms with Gasteiger partial charge in [-0.3, -0.25) is 4.79 Å². The molecule has 2 aromatic carbocycles. The number of benzene rings is 2. The third kappa shape index (κ3) is 3.19. The SMILES string of the molecule is O=C(c1ccccc1Cl)N1CCC[C@H]1c1ccc2c(c1)OCCCO2. The van der Waals surface area contributed by atoms with E-state index in [1.54, 1.807) is 12.1 Å². The predicted molar refractivity (Wildman–Crippen MR) is 96.5 cm³/mol. The van der Waals surface area contributed by atoms with Crippen molar-refractivity contribution in [3.8, 4) is 11.5 Å². The van der Waals surface area contributed by atoms with E-state index >= 15 is 0 Å². The smallest absolute Gasteiger partial charge is 0.255 e. The Morgan fingerprint density at radius 2 is 1.84 bits per heavy atom. The molecule has 4 rings (SSSR count). The second kappa shape index (κ2) is 6.96. The molecule has 2 aliphatic heterocycles. The Morgan fingerprint density at radius 1 is 1.04 bits per heavy atom. The van der Waals surface area contributed by atoms with Gasteiger partial charge in [-0.15, -0.1) is 0 Å². The summed E-state index contributed by atoms with van der Waals surface area (Å²) in [5, 5.41) is 0.497. The maximum Gasteiger partial charge on any atom is 0.255 e. The minimum absolute atomic E-state index is 0.0137. The van der Waals surface area contributed by atoms with Crippen LogP contribution in [-0.2, 0) is 0 Å². The summed E-state index contributed by atoms with van der Waals surface area (Å²) in [5.41, 5.74) is 1.65. The second-order valence-electron chi connectivity index (χ2n) is 6.39. The fourth-order valence-corrected chi connectivity index (χ4v) is 3.75. The van der Waals surface area contributed by atoms with Crippen LogP contribution in [0, 0.1) is 0 Å². The highest BCUT2D eigenvalue weighted by Crippen LogP contribution is 2.38. The molecule has 0 radical (unpaired) electrons. The molecule has 1 saturated heterocycles. The molecule has 1 atom stereocenters. The molecule has 0 aromatic heterocycles. The van der Waals surface area contributed by atoms with Crippen molar-refractivity contribution in [2.24, 2.45) is 0 Å². The van der Waals surface area contributed by atoms with Gasteiger partial charge in [0.05, 0.1) is 29.8 Å². The van der Waals surface area contributed by atoms with Gasteiger partial charge in [0.1, 0.15) is 0 Å². The van der Waals surface area contributed by atoms with E-state index in [2.05, 4.69) is 0 Å². The summed E-state index contributed by atoms with van der Waals surface area (Å²) >= 11 is 6.22. The Morgan fingerprint density at radius 3 is 2.68 bits per heavy atom. The Balaban J connectivity index is 1.63. The Bertz CT molecular complexity index is 792. The number of fused-ring (bicyclic) bond motifs is 1. The molecule has 1 amide bonds. The van der Waals surface area contributed by atoms with Gasteiger partial charge >= 0.3 is 0 Å². The van der Waals surface area contributed by atoms with Gasteiger partial charge in [0, 0.05) is 13.0 Å². The van der Waals surface area contributed by atoms with Gasteiger partial charge in [0.2, 0.25) is 0 Å². The van der Waals surface area contributed by atoms with Crippen molar-refractivity contribution in [3.63, 3.8) is 0 Å². The predicted octanol–water partition coefficient (Wildman–Crippen LogP) is 4.48. The average Bonchev–Trinajstić information content (AvgIpc) is 3.00. The largest absolute Gasteiger partial charge is 0.490 e. The van der Waals surface area contributed by atoms with Crippen LogP contribution in [-0.4, -0.2) is 30.6 Å². The summed E-state index contributed by atoms with van der Waals surface area (Å²) in [4.78, 5) is 14.9. The van der Waals surface area contributed by atoms with Crippen LogP contribution in [0.15, 0.2) is 42.5 Å². The zero-order chi connectivity index (χ0) is 17.2. The molecule has 5 heteroatoms. The molecule has 2 aliphatic rings. The number of halogens is 1. The van der Waals surface area contributed by atoms with E-state index in [0.717, 1.165) is 42.9 Å². The van der Waals surface area contributed by atoms with Crippen molar-refractivity contribution in [2.75, 3.05) is 19.8 Å². The van der Waals surface area contributed by atoms with Crippen molar-refractivity contribution in [2.45, 2.75) is 25.3 Å². The van der Waals surface area contributed by atoms with E-state index in [0.29, 0.717) is 23.8 Å². The average molecular weight is 358 g/mol. The number of amides is 1. The number of hydrogen-bond acceptors (Lipinski definition) is 3. The number of carbonyl (C=O) groups is 1. The maximum atomic E-state index is 13.0. The van der Waals surface area contributed by atoms with Crippen LogP contribution in [0.5, 0.6) is 11.5 Å². The van der Waals surface area contributed by atoms with Crippen LogP contribution in [0.1, 0.15) is 41.2 Å². The first-order valence-corrected chi connectivity index (χ1v) is 9.07. The van der Waals surface area contributed by atoms with Gasteiger partial charge in [-0.2, -0.15) is 0 Å². The van der Waals surface area contributed by atoms with Gasteiger partial charge in [-0.1, -0.05) is 29.8 Å². The number of nitrogens with zero attached hydrogens (tertiary/aromatic N) is 1. The van der Waals surface area contributed by atoms with Crippen LogP contribution >= 0.6 is 11.6 Å². The first-order chi connectivity index (χ1) is 12.2. The number of rotatable bonds is 2. The summed E-state index contributed by atoms with van der Waals surface area (Å²) < 4.78 is 11.5. The van der Waals surface area contributed by atoms with E-state index in [4.69, 9.17) is 21.1 Å². The summed E-state index contributed by atoms with van der Waals surface area (Å²) in [7, 11) is 0. The van der Waals surface area contributed by atoms with Crippen molar-refractivity contribution in [3.05, 3.63) is 58.6 Å². The lowest BCUT2D eigenvalue weighted by Gasteiger charge is -2.26.